The number of carbonyl (C=O) groups excluding carboxylic acids is 1. The molecule has 1 atom stereocenters. The van der Waals surface area contributed by atoms with Gasteiger partial charge in [0.15, 0.2) is 0 Å². The van der Waals surface area contributed by atoms with Crippen molar-refractivity contribution in [3.05, 3.63) is 24.2 Å². The first-order valence-corrected chi connectivity index (χ1v) is 7.78. The molecular weight excluding hydrogens is 280 g/mol. The summed E-state index contributed by atoms with van der Waals surface area (Å²) in [5, 5.41) is 3.36. The molecule has 5 heteroatoms. The molecule has 0 saturated heterocycles. The molecule has 0 saturated carbocycles. The molecule has 1 N–H and O–H groups in total. The van der Waals surface area contributed by atoms with Crippen molar-refractivity contribution in [2.45, 2.75) is 65.6 Å². The van der Waals surface area contributed by atoms with E-state index in [4.69, 9.17) is 9.15 Å². The Bertz CT molecular complexity index is 455. The minimum absolute atomic E-state index is 0.107. The second-order valence-corrected chi connectivity index (χ2v) is 7.49. The molecule has 1 rings (SSSR count). The van der Waals surface area contributed by atoms with Gasteiger partial charge in [-0.3, -0.25) is 0 Å². The molecule has 1 aromatic heterocycles. The van der Waals surface area contributed by atoms with Gasteiger partial charge in [-0.1, -0.05) is 0 Å². The van der Waals surface area contributed by atoms with Crippen LogP contribution in [0.1, 0.15) is 60.3 Å². The van der Waals surface area contributed by atoms with Gasteiger partial charge < -0.3 is 19.4 Å². The van der Waals surface area contributed by atoms with Crippen LogP contribution in [0.15, 0.2) is 22.8 Å². The number of carbonyl (C=O) groups is 1. The zero-order valence-electron chi connectivity index (χ0n) is 14.9. The third-order valence-corrected chi connectivity index (χ3v) is 3.18. The van der Waals surface area contributed by atoms with E-state index in [1.54, 1.807) is 11.2 Å². The molecule has 5 nitrogen and oxygen atoms in total. The summed E-state index contributed by atoms with van der Waals surface area (Å²) in [6.45, 7) is 14.9. The van der Waals surface area contributed by atoms with Crippen molar-refractivity contribution in [1.82, 2.24) is 10.2 Å². The van der Waals surface area contributed by atoms with Gasteiger partial charge in [-0.2, -0.15) is 0 Å². The maximum absolute atomic E-state index is 12.4. The Hall–Kier alpha value is -1.49. The van der Waals surface area contributed by atoms with E-state index >= 15 is 0 Å². The Morgan fingerprint density at radius 2 is 1.95 bits per heavy atom. The van der Waals surface area contributed by atoms with Crippen LogP contribution in [0.4, 0.5) is 4.79 Å². The first kappa shape index (κ1) is 18.6. The predicted molar refractivity (Wildman–Crippen MR) is 87.8 cm³/mol. The highest BCUT2D eigenvalue weighted by molar-refractivity contribution is 5.69. The first-order valence-electron chi connectivity index (χ1n) is 7.78. The fourth-order valence-electron chi connectivity index (χ4n) is 2.05. The number of hydrogen-bond donors (Lipinski definition) is 1. The molecule has 0 aliphatic carbocycles. The zero-order chi connectivity index (χ0) is 17.0. The summed E-state index contributed by atoms with van der Waals surface area (Å²) in [4.78, 5) is 14.1. The Kier molecular flexibility index (Phi) is 6.06. The van der Waals surface area contributed by atoms with Gasteiger partial charge in [0.25, 0.3) is 0 Å². The van der Waals surface area contributed by atoms with Gasteiger partial charge in [-0.05, 0) is 60.6 Å². The average Bonchev–Trinajstić information content (AvgIpc) is 2.83. The topological polar surface area (TPSA) is 54.7 Å². The van der Waals surface area contributed by atoms with Gasteiger partial charge in [0.05, 0.1) is 12.3 Å². The van der Waals surface area contributed by atoms with Crippen molar-refractivity contribution in [2.75, 3.05) is 13.1 Å². The van der Waals surface area contributed by atoms with Crippen molar-refractivity contribution in [3.8, 4) is 0 Å². The van der Waals surface area contributed by atoms with E-state index in [1.165, 1.54) is 0 Å². The lowest BCUT2D eigenvalue weighted by atomic mass is 10.1. The molecule has 0 aliphatic rings. The molecule has 0 fully saturated rings. The normalized spacial score (nSPS) is 13.8. The number of amides is 1. The highest BCUT2D eigenvalue weighted by atomic mass is 16.6. The third kappa shape index (κ3) is 6.10. The van der Waals surface area contributed by atoms with E-state index in [0.717, 1.165) is 5.76 Å². The minimum Gasteiger partial charge on any atom is -0.468 e. The Balaban J connectivity index is 2.57. The number of furan rings is 1. The largest absolute Gasteiger partial charge is 0.468 e. The number of hydrogen-bond acceptors (Lipinski definition) is 4. The summed E-state index contributed by atoms with van der Waals surface area (Å²) in [6, 6.07) is 3.92. The van der Waals surface area contributed by atoms with Gasteiger partial charge in [0.2, 0.25) is 0 Å². The third-order valence-electron chi connectivity index (χ3n) is 3.18. The summed E-state index contributed by atoms with van der Waals surface area (Å²) in [6.07, 6.45) is 1.38. The van der Waals surface area contributed by atoms with Crippen molar-refractivity contribution in [3.63, 3.8) is 0 Å². The maximum Gasteiger partial charge on any atom is 0.410 e. The zero-order valence-corrected chi connectivity index (χ0v) is 14.9. The molecule has 1 unspecified atom stereocenters. The fraction of sp³-hybridized carbons (Fsp3) is 0.706. The molecule has 0 aromatic carbocycles. The summed E-state index contributed by atoms with van der Waals surface area (Å²) >= 11 is 0. The van der Waals surface area contributed by atoms with Gasteiger partial charge in [0, 0.05) is 18.6 Å². The number of nitrogens with zero attached hydrogens (tertiary/aromatic N) is 1. The van der Waals surface area contributed by atoms with Crippen molar-refractivity contribution < 1.29 is 13.9 Å². The summed E-state index contributed by atoms with van der Waals surface area (Å²) in [7, 11) is 0. The molecule has 126 valence electrons. The SMILES string of the molecule is CC(NCCN(C(=O)OC(C)(C)C)C(C)(C)C)c1ccco1. The molecule has 1 aromatic rings. The fourth-order valence-corrected chi connectivity index (χ4v) is 2.05. The second kappa shape index (κ2) is 7.18. The summed E-state index contributed by atoms with van der Waals surface area (Å²) in [5.41, 5.74) is -0.784. The number of rotatable bonds is 5. The average molecular weight is 310 g/mol. The van der Waals surface area contributed by atoms with Crippen LogP contribution in [0, 0.1) is 0 Å². The molecule has 0 aliphatic heterocycles. The van der Waals surface area contributed by atoms with Crippen LogP contribution in [-0.2, 0) is 4.74 Å². The highest BCUT2D eigenvalue weighted by Gasteiger charge is 2.30. The highest BCUT2D eigenvalue weighted by Crippen LogP contribution is 2.18. The van der Waals surface area contributed by atoms with Crippen LogP contribution in [0.25, 0.3) is 0 Å². The molecule has 0 spiro atoms. The van der Waals surface area contributed by atoms with Gasteiger partial charge in [-0.25, -0.2) is 4.79 Å². The molecular formula is C17H30N2O3. The van der Waals surface area contributed by atoms with Gasteiger partial charge >= 0.3 is 6.09 Å². The van der Waals surface area contributed by atoms with Crippen LogP contribution < -0.4 is 5.32 Å². The van der Waals surface area contributed by atoms with E-state index < -0.39 is 5.60 Å². The van der Waals surface area contributed by atoms with E-state index in [0.29, 0.717) is 13.1 Å². The van der Waals surface area contributed by atoms with Crippen molar-refractivity contribution in [1.29, 1.82) is 0 Å². The second-order valence-electron chi connectivity index (χ2n) is 7.49. The van der Waals surface area contributed by atoms with Crippen LogP contribution in [0.5, 0.6) is 0 Å². The monoisotopic (exact) mass is 310 g/mol. The summed E-state index contributed by atoms with van der Waals surface area (Å²) < 4.78 is 10.9. The lowest BCUT2D eigenvalue weighted by Gasteiger charge is -2.37. The standard InChI is InChI=1S/C17H30N2O3/c1-13(14-9-8-12-21-14)18-10-11-19(16(2,3)4)15(20)22-17(5,6)7/h8-9,12-13,18H,10-11H2,1-7H3. The number of nitrogens with one attached hydrogen (secondary N) is 1. The Morgan fingerprint density at radius 1 is 1.32 bits per heavy atom. The van der Waals surface area contributed by atoms with Gasteiger partial charge in [0.1, 0.15) is 11.4 Å². The Morgan fingerprint density at radius 3 is 2.41 bits per heavy atom. The van der Waals surface area contributed by atoms with Crippen LogP contribution >= 0.6 is 0 Å². The minimum atomic E-state index is -0.491. The van der Waals surface area contributed by atoms with E-state index in [1.807, 2.05) is 60.6 Å². The molecule has 0 radical (unpaired) electrons. The van der Waals surface area contributed by atoms with Crippen molar-refractivity contribution >= 4 is 6.09 Å². The molecule has 22 heavy (non-hydrogen) atoms. The van der Waals surface area contributed by atoms with E-state index in [-0.39, 0.29) is 17.7 Å². The van der Waals surface area contributed by atoms with Crippen LogP contribution in [0.2, 0.25) is 0 Å². The maximum atomic E-state index is 12.4. The van der Waals surface area contributed by atoms with Crippen LogP contribution in [-0.4, -0.2) is 35.2 Å². The van der Waals surface area contributed by atoms with Gasteiger partial charge in [-0.15, -0.1) is 0 Å². The molecule has 1 heterocycles. The lowest BCUT2D eigenvalue weighted by molar-refractivity contribution is 0.00647. The number of ether oxygens (including phenoxy) is 1. The van der Waals surface area contributed by atoms with Crippen LogP contribution in [0.3, 0.4) is 0 Å². The molecule has 1 amide bonds. The Labute approximate surface area is 134 Å². The quantitative estimate of drug-likeness (QED) is 0.894. The lowest BCUT2D eigenvalue weighted by Crippen LogP contribution is -2.50. The summed E-state index contributed by atoms with van der Waals surface area (Å²) in [5.74, 6) is 0.888. The van der Waals surface area contributed by atoms with E-state index in [2.05, 4.69) is 5.32 Å². The first-order chi connectivity index (χ1) is 10.0. The smallest absolute Gasteiger partial charge is 0.410 e. The predicted octanol–water partition coefficient (Wildman–Crippen LogP) is 3.97. The van der Waals surface area contributed by atoms with Crippen molar-refractivity contribution in [2.24, 2.45) is 0 Å². The molecule has 0 bridgehead atoms. The van der Waals surface area contributed by atoms with E-state index in [9.17, 15) is 4.79 Å².